The van der Waals surface area contributed by atoms with Crippen LogP contribution in [0.5, 0.6) is 23.0 Å². The number of benzene rings is 2. The van der Waals surface area contributed by atoms with Crippen molar-refractivity contribution in [2.24, 2.45) is 0 Å². The molecule has 0 bridgehead atoms. The van der Waals surface area contributed by atoms with Crippen molar-refractivity contribution in [1.82, 2.24) is 4.90 Å². The molecule has 27 heavy (non-hydrogen) atoms. The minimum atomic E-state index is -0.188. The van der Waals surface area contributed by atoms with Crippen LogP contribution in [0.4, 0.5) is 0 Å². The third-order valence-electron chi connectivity index (χ3n) is 4.18. The molecule has 0 spiro atoms. The van der Waals surface area contributed by atoms with Crippen LogP contribution < -0.4 is 18.9 Å². The van der Waals surface area contributed by atoms with Crippen LogP contribution in [0.15, 0.2) is 36.4 Å². The van der Waals surface area contributed by atoms with Crippen LogP contribution in [0.1, 0.15) is 11.1 Å². The Morgan fingerprint density at radius 2 is 1.26 bits per heavy atom. The van der Waals surface area contributed by atoms with Crippen LogP contribution in [0.3, 0.4) is 0 Å². The van der Waals surface area contributed by atoms with Crippen LogP contribution in [-0.4, -0.2) is 45.1 Å². The predicted octanol–water partition coefficient (Wildman–Crippen LogP) is 3.49. The lowest BCUT2D eigenvalue weighted by Crippen LogP contribution is -2.31. The Balaban J connectivity index is 2.31. The van der Waals surface area contributed by atoms with E-state index in [1.54, 1.807) is 45.5 Å². The molecule has 0 saturated heterocycles. The van der Waals surface area contributed by atoms with Crippen LogP contribution in [0.2, 0.25) is 0 Å². The zero-order valence-electron chi connectivity index (χ0n) is 16.0. The van der Waals surface area contributed by atoms with Crippen molar-refractivity contribution in [3.05, 3.63) is 47.5 Å². The van der Waals surface area contributed by atoms with E-state index < -0.39 is 0 Å². The normalized spacial score (nSPS) is 10.3. The topological polar surface area (TPSA) is 57.2 Å². The third kappa shape index (κ3) is 5.20. The summed E-state index contributed by atoms with van der Waals surface area (Å²) in [6, 6.07) is 11.0. The first-order valence-electron chi connectivity index (χ1n) is 8.31. The fraction of sp³-hybridized carbons (Fsp3) is 0.350. The average molecular weight is 394 g/mol. The molecule has 0 radical (unpaired) electrons. The second-order valence-corrected chi connectivity index (χ2v) is 6.01. The smallest absolute Gasteiger partial charge is 0.238 e. The van der Waals surface area contributed by atoms with Gasteiger partial charge in [0.15, 0.2) is 0 Å². The summed E-state index contributed by atoms with van der Waals surface area (Å²) in [5, 5.41) is 0. The van der Waals surface area contributed by atoms with Gasteiger partial charge < -0.3 is 23.8 Å². The first kappa shape index (κ1) is 20.7. The third-order valence-corrected chi connectivity index (χ3v) is 4.41. The van der Waals surface area contributed by atoms with Gasteiger partial charge in [-0.3, -0.25) is 4.79 Å². The molecular weight excluding hydrogens is 370 g/mol. The highest BCUT2D eigenvalue weighted by Gasteiger charge is 2.18. The molecule has 2 aromatic rings. The van der Waals surface area contributed by atoms with Gasteiger partial charge in [0.1, 0.15) is 28.9 Å². The lowest BCUT2D eigenvalue weighted by atomic mass is 10.1. The van der Waals surface area contributed by atoms with Crippen LogP contribution in [0.25, 0.3) is 0 Å². The first-order chi connectivity index (χ1) is 13.1. The second kappa shape index (κ2) is 9.92. The van der Waals surface area contributed by atoms with Gasteiger partial charge in [-0.25, -0.2) is 0 Å². The number of methoxy groups -OCH3 is 4. The van der Waals surface area contributed by atoms with E-state index in [-0.39, 0.29) is 11.8 Å². The van der Waals surface area contributed by atoms with E-state index in [0.717, 1.165) is 11.1 Å². The van der Waals surface area contributed by atoms with Gasteiger partial charge in [-0.2, -0.15) is 0 Å². The zero-order chi connectivity index (χ0) is 19.8. The van der Waals surface area contributed by atoms with E-state index in [1.807, 2.05) is 24.3 Å². The number of halogens is 1. The summed E-state index contributed by atoms with van der Waals surface area (Å²) in [4.78, 5) is 14.1. The number of amides is 1. The summed E-state index contributed by atoms with van der Waals surface area (Å²) in [6.45, 7) is 0.682. The molecule has 6 nitrogen and oxygen atoms in total. The quantitative estimate of drug-likeness (QED) is 0.610. The van der Waals surface area contributed by atoms with E-state index >= 15 is 0 Å². The maximum absolute atomic E-state index is 12.4. The van der Waals surface area contributed by atoms with Crippen molar-refractivity contribution in [3.8, 4) is 23.0 Å². The lowest BCUT2D eigenvalue weighted by Gasteiger charge is -2.24. The molecule has 0 saturated carbocycles. The Bertz CT molecular complexity index is 723. The molecule has 7 heteroatoms. The first-order valence-corrected chi connectivity index (χ1v) is 8.85. The van der Waals surface area contributed by atoms with Crippen molar-refractivity contribution in [1.29, 1.82) is 0 Å². The number of carbonyl (C=O) groups is 1. The minimum Gasteiger partial charge on any atom is -0.497 e. The number of hydrogen-bond acceptors (Lipinski definition) is 5. The highest BCUT2D eigenvalue weighted by Crippen LogP contribution is 2.29. The van der Waals surface area contributed by atoms with Crippen molar-refractivity contribution in [2.75, 3.05) is 34.3 Å². The van der Waals surface area contributed by atoms with E-state index in [0.29, 0.717) is 36.1 Å². The van der Waals surface area contributed by atoms with Crippen LogP contribution >= 0.6 is 11.6 Å². The van der Waals surface area contributed by atoms with Crippen molar-refractivity contribution in [3.63, 3.8) is 0 Å². The predicted molar refractivity (Wildman–Crippen MR) is 104 cm³/mol. The summed E-state index contributed by atoms with van der Waals surface area (Å²) < 4.78 is 21.3. The Hall–Kier alpha value is -2.60. The van der Waals surface area contributed by atoms with Gasteiger partial charge in [-0.1, -0.05) is 0 Å². The maximum Gasteiger partial charge on any atom is 0.238 e. The molecule has 2 aromatic carbocycles. The monoisotopic (exact) mass is 393 g/mol. The van der Waals surface area contributed by atoms with Crippen molar-refractivity contribution in [2.45, 2.75) is 13.1 Å². The molecule has 0 heterocycles. The van der Waals surface area contributed by atoms with Crippen LogP contribution in [0, 0.1) is 0 Å². The van der Waals surface area contributed by atoms with Crippen LogP contribution in [-0.2, 0) is 17.9 Å². The van der Waals surface area contributed by atoms with Gasteiger partial charge in [-0.05, 0) is 24.3 Å². The molecular formula is C20H24ClNO5. The summed E-state index contributed by atoms with van der Waals surface area (Å²) in [6.07, 6.45) is 0. The highest BCUT2D eigenvalue weighted by molar-refractivity contribution is 6.27. The number of nitrogens with zero attached hydrogens (tertiary/aromatic N) is 1. The zero-order valence-corrected chi connectivity index (χ0v) is 16.7. The van der Waals surface area contributed by atoms with E-state index in [9.17, 15) is 4.79 Å². The molecule has 0 aliphatic carbocycles. The van der Waals surface area contributed by atoms with Gasteiger partial charge in [0.25, 0.3) is 0 Å². The Morgan fingerprint density at radius 1 is 0.815 bits per heavy atom. The SMILES string of the molecule is COc1ccc(CN(Cc2ccc(OC)cc2OC)C(=O)CCl)c(OC)c1. The molecule has 146 valence electrons. The Labute approximate surface area is 164 Å². The molecule has 0 fully saturated rings. The average Bonchev–Trinajstić information content (AvgIpc) is 2.72. The highest BCUT2D eigenvalue weighted by atomic mass is 35.5. The number of rotatable bonds is 9. The largest absolute Gasteiger partial charge is 0.497 e. The number of hydrogen-bond donors (Lipinski definition) is 0. The summed E-state index contributed by atoms with van der Waals surface area (Å²) in [7, 11) is 6.35. The minimum absolute atomic E-state index is 0.114. The van der Waals surface area contributed by atoms with Gasteiger partial charge in [-0.15, -0.1) is 11.6 Å². The molecule has 0 aromatic heterocycles. The standard InChI is InChI=1S/C20H24ClNO5/c1-24-16-7-5-14(18(9-16)26-3)12-22(20(23)11-21)13-15-6-8-17(25-2)10-19(15)27-4/h5-10H,11-13H2,1-4H3. The molecule has 0 aliphatic heterocycles. The fourth-order valence-corrected chi connectivity index (χ4v) is 2.86. The number of carbonyl (C=O) groups excluding carboxylic acids is 1. The summed E-state index contributed by atoms with van der Waals surface area (Å²) in [5.74, 6) is 2.35. The fourth-order valence-electron chi connectivity index (χ4n) is 2.69. The van der Waals surface area contributed by atoms with Gasteiger partial charge >= 0.3 is 0 Å². The molecule has 0 N–H and O–H groups in total. The van der Waals surface area contributed by atoms with Crippen molar-refractivity contribution < 1.29 is 23.7 Å². The Kier molecular flexibility index (Phi) is 7.61. The van der Waals surface area contributed by atoms with E-state index in [2.05, 4.69) is 0 Å². The molecule has 0 unspecified atom stereocenters. The molecule has 0 atom stereocenters. The molecule has 0 aliphatic rings. The second-order valence-electron chi connectivity index (χ2n) is 5.74. The maximum atomic E-state index is 12.4. The van der Waals surface area contributed by atoms with Gasteiger partial charge in [0, 0.05) is 36.3 Å². The van der Waals surface area contributed by atoms with Crippen molar-refractivity contribution >= 4 is 17.5 Å². The Morgan fingerprint density at radius 3 is 1.59 bits per heavy atom. The summed E-state index contributed by atoms with van der Waals surface area (Å²) in [5.41, 5.74) is 1.70. The molecule has 1 amide bonds. The van der Waals surface area contributed by atoms with E-state index in [1.165, 1.54) is 0 Å². The lowest BCUT2D eigenvalue weighted by molar-refractivity contribution is -0.129. The number of alkyl halides is 1. The number of ether oxygens (including phenoxy) is 4. The summed E-state index contributed by atoms with van der Waals surface area (Å²) >= 11 is 5.83. The molecule has 2 rings (SSSR count). The van der Waals surface area contributed by atoms with Gasteiger partial charge in [0.2, 0.25) is 5.91 Å². The van der Waals surface area contributed by atoms with E-state index in [4.69, 9.17) is 30.5 Å². The van der Waals surface area contributed by atoms with Gasteiger partial charge in [0.05, 0.1) is 28.4 Å².